The van der Waals surface area contributed by atoms with Gasteiger partial charge in [-0.25, -0.2) is 0 Å². The predicted octanol–water partition coefficient (Wildman–Crippen LogP) is 1.51. The first kappa shape index (κ1) is 16.1. The molecule has 0 spiro atoms. The van der Waals surface area contributed by atoms with Crippen LogP contribution in [0, 0.1) is 0 Å². The number of primary amides is 1. The zero-order valence-corrected chi connectivity index (χ0v) is 13.9. The van der Waals surface area contributed by atoms with Gasteiger partial charge in [-0.1, -0.05) is 0 Å². The number of amides is 2. The van der Waals surface area contributed by atoms with Crippen LogP contribution < -0.4 is 5.73 Å². The molecule has 3 aromatic heterocycles. The van der Waals surface area contributed by atoms with Crippen LogP contribution in [0.3, 0.4) is 0 Å². The summed E-state index contributed by atoms with van der Waals surface area (Å²) in [7, 11) is 0. The monoisotopic (exact) mass is 354 g/mol. The zero-order chi connectivity index (χ0) is 18.1. The maximum absolute atomic E-state index is 12.7. The molecule has 9 heteroatoms. The van der Waals surface area contributed by atoms with Crippen LogP contribution in [0.1, 0.15) is 45.4 Å². The van der Waals surface area contributed by atoms with Crippen molar-refractivity contribution in [3.63, 3.8) is 0 Å². The fraction of sp³-hybridized carbons (Fsp3) is 0.294. The molecule has 3 aromatic rings. The Balaban J connectivity index is 1.39. The van der Waals surface area contributed by atoms with Gasteiger partial charge in [0, 0.05) is 30.8 Å². The first-order valence-corrected chi connectivity index (χ1v) is 8.35. The van der Waals surface area contributed by atoms with Gasteiger partial charge in [-0.15, -0.1) is 0 Å². The molecule has 134 valence electrons. The summed E-state index contributed by atoms with van der Waals surface area (Å²) in [6, 6.07) is 6.97. The molecule has 0 bridgehead atoms. The summed E-state index contributed by atoms with van der Waals surface area (Å²) >= 11 is 0. The van der Waals surface area contributed by atoms with Crippen LogP contribution in [0.2, 0.25) is 0 Å². The largest absolute Gasteiger partial charge is 0.463 e. The number of carbonyl (C=O) groups excluding carboxylic acids is 2. The number of rotatable bonds is 4. The molecule has 1 saturated heterocycles. The molecule has 26 heavy (non-hydrogen) atoms. The van der Waals surface area contributed by atoms with E-state index >= 15 is 0 Å². The number of piperidine rings is 1. The van der Waals surface area contributed by atoms with Crippen LogP contribution in [-0.4, -0.2) is 50.2 Å². The minimum Gasteiger partial charge on any atom is -0.463 e. The maximum atomic E-state index is 12.7. The predicted molar refractivity (Wildman–Crippen MR) is 91.3 cm³/mol. The number of nitrogens with one attached hydrogen (secondary N) is 2. The molecule has 1 aliphatic rings. The van der Waals surface area contributed by atoms with Gasteiger partial charge >= 0.3 is 0 Å². The van der Waals surface area contributed by atoms with Gasteiger partial charge in [0.05, 0.1) is 6.26 Å². The second kappa shape index (κ2) is 6.51. The van der Waals surface area contributed by atoms with Crippen molar-refractivity contribution in [2.24, 2.45) is 5.73 Å². The van der Waals surface area contributed by atoms with E-state index in [1.807, 2.05) is 0 Å². The quantitative estimate of drug-likeness (QED) is 0.653. The van der Waals surface area contributed by atoms with E-state index in [4.69, 9.17) is 10.2 Å². The van der Waals surface area contributed by atoms with Crippen LogP contribution in [0.15, 0.2) is 34.9 Å². The second-order valence-electron chi connectivity index (χ2n) is 6.28. The summed E-state index contributed by atoms with van der Waals surface area (Å²) < 4.78 is 5.30. The van der Waals surface area contributed by atoms with E-state index in [0.717, 1.165) is 18.5 Å². The minimum atomic E-state index is -0.550. The second-order valence-corrected chi connectivity index (χ2v) is 6.28. The number of hydrogen-bond acceptors (Lipinski definition) is 5. The number of aromatic nitrogens is 4. The third-order valence-electron chi connectivity index (χ3n) is 4.66. The molecule has 0 saturated carbocycles. The molecule has 0 aromatic carbocycles. The van der Waals surface area contributed by atoms with E-state index in [-0.39, 0.29) is 17.5 Å². The zero-order valence-electron chi connectivity index (χ0n) is 13.9. The summed E-state index contributed by atoms with van der Waals surface area (Å²) in [4.78, 5) is 25.6. The van der Waals surface area contributed by atoms with Gasteiger partial charge in [0.1, 0.15) is 11.4 Å². The topological polar surface area (TPSA) is 134 Å². The van der Waals surface area contributed by atoms with Crippen LogP contribution in [0.4, 0.5) is 0 Å². The number of hydrogen-bond donors (Lipinski definition) is 3. The first-order valence-electron chi connectivity index (χ1n) is 8.35. The van der Waals surface area contributed by atoms with Gasteiger partial charge in [-0.3, -0.25) is 19.8 Å². The van der Waals surface area contributed by atoms with E-state index in [2.05, 4.69) is 20.4 Å². The normalized spacial score (nSPS) is 15.3. The first-order chi connectivity index (χ1) is 12.6. The number of aromatic amines is 2. The number of nitrogens with two attached hydrogens (primary N) is 1. The van der Waals surface area contributed by atoms with Crippen molar-refractivity contribution >= 4 is 11.8 Å². The van der Waals surface area contributed by atoms with Gasteiger partial charge in [0.2, 0.25) is 0 Å². The van der Waals surface area contributed by atoms with Gasteiger partial charge in [0.25, 0.3) is 11.8 Å². The number of carbonyl (C=O) groups is 2. The van der Waals surface area contributed by atoms with Crippen LogP contribution in [0.5, 0.6) is 0 Å². The summed E-state index contributed by atoms with van der Waals surface area (Å²) in [5.41, 5.74) is 7.38. The fourth-order valence-electron chi connectivity index (χ4n) is 3.22. The Bertz CT molecular complexity index is 918. The van der Waals surface area contributed by atoms with Crippen molar-refractivity contribution in [2.45, 2.75) is 18.8 Å². The Hall–Kier alpha value is -3.36. The van der Waals surface area contributed by atoms with Crippen molar-refractivity contribution in [1.82, 2.24) is 25.3 Å². The van der Waals surface area contributed by atoms with E-state index in [1.165, 1.54) is 0 Å². The lowest BCUT2D eigenvalue weighted by atomic mass is 9.93. The molecule has 1 aliphatic heterocycles. The van der Waals surface area contributed by atoms with Crippen molar-refractivity contribution in [3.8, 4) is 11.5 Å². The van der Waals surface area contributed by atoms with Crippen LogP contribution in [0.25, 0.3) is 11.5 Å². The highest BCUT2D eigenvalue weighted by Crippen LogP contribution is 2.28. The van der Waals surface area contributed by atoms with E-state index in [0.29, 0.717) is 30.2 Å². The summed E-state index contributed by atoms with van der Waals surface area (Å²) in [5, 5.41) is 13.7. The van der Waals surface area contributed by atoms with Crippen molar-refractivity contribution in [1.29, 1.82) is 0 Å². The molecule has 0 atom stereocenters. The van der Waals surface area contributed by atoms with Crippen molar-refractivity contribution in [3.05, 3.63) is 47.6 Å². The number of nitrogens with zero attached hydrogens (tertiary/aromatic N) is 3. The third kappa shape index (κ3) is 2.99. The molecule has 0 radical (unpaired) electrons. The Morgan fingerprint density at radius 3 is 2.58 bits per heavy atom. The van der Waals surface area contributed by atoms with Gasteiger partial charge in [-0.2, -0.15) is 10.2 Å². The number of furan rings is 1. The Labute approximate surface area is 148 Å². The Morgan fingerprint density at radius 2 is 1.92 bits per heavy atom. The van der Waals surface area contributed by atoms with Crippen LogP contribution in [-0.2, 0) is 0 Å². The average Bonchev–Trinajstić information content (AvgIpc) is 3.42. The lowest BCUT2D eigenvalue weighted by Crippen LogP contribution is -2.38. The van der Waals surface area contributed by atoms with Gasteiger partial charge in [-0.05, 0) is 31.0 Å². The van der Waals surface area contributed by atoms with E-state index < -0.39 is 5.91 Å². The molecule has 4 rings (SSSR count). The van der Waals surface area contributed by atoms with Gasteiger partial charge < -0.3 is 15.1 Å². The molecule has 4 N–H and O–H groups in total. The molecular weight excluding hydrogens is 336 g/mol. The van der Waals surface area contributed by atoms with Crippen molar-refractivity contribution < 1.29 is 14.0 Å². The molecule has 9 nitrogen and oxygen atoms in total. The lowest BCUT2D eigenvalue weighted by molar-refractivity contribution is 0.0706. The standard InChI is InChI=1S/C17H18N6O3/c18-16(24)13-8-11(19-21-13)10-3-5-23(6-4-10)17(25)14-9-12(20-22-14)15-2-1-7-26-15/h1-2,7-10H,3-6H2,(H2,18,24)(H,19,21)(H,20,22). The SMILES string of the molecule is NC(=O)c1cc(C2CCN(C(=O)c3cc(-c4ccco4)[nH]n3)CC2)[nH]n1. The number of likely N-dealkylation sites (tertiary alicyclic amines) is 1. The Morgan fingerprint density at radius 1 is 1.15 bits per heavy atom. The smallest absolute Gasteiger partial charge is 0.274 e. The third-order valence-corrected chi connectivity index (χ3v) is 4.66. The highest BCUT2D eigenvalue weighted by Gasteiger charge is 2.27. The highest BCUT2D eigenvalue weighted by atomic mass is 16.3. The van der Waals surface area contributed by atoms with Crippen molar-refractivity contribution in [2.75, 3.05) is 13.1 Å². The van der Waals surface area contributed by atoms with Crippen LogP contribution >= 0.6 is 0 Å². The molecule has 0 unspecified atom stereocenters. The molecule has 0 aliphatic carbocycles. The van der Waals surface area contributed by atoms with E-state index in [9.17, 15) is 9.59 Å². The lowest BCUT2D eigenvalue weighted by Gasteiger charge is -2.30. The highest BCUT2D eigenvalue weighted by molar-refractivity contribution is 5.93. The summed E-state index contributed by atoms with van der Waals surface area (Å²) in [6.45, 7) is 1.22. The Kier molecular flexibility index (Phi) is 4.04. The fourth-order valence-corrected chi connectivity index (χ4v) is 3.22. The molecule has 1 fully saturated rings. The maximum Gasteiger partial charge on any atom is 0.274 e. The molecular formula is C17H18N6O3. The average molecular weight is 354 g/mol. The van der Waals surface area contributed by atoms with Gasteiger partial charge in [0.15, 0.2) is 11.5 Å². The molecule has 2 amide bonds. The molecule has 4 heterocycles. The minimum absolute atomic E-state index is 0.111. The number of H-pyrrole nitrogens is 2. The summed E-state index contributed by atoms with van der Waals surface area (Å²) in [5.74, 6) is 0.197. The summed E-state index contributed by atoms with van der Waals surface area (Å²) in [6.07, 6.45) is 3.13. The van der Waals surface area contributed by atoms with E-state index in [1.54, 1.807) is 35.4 Å².